The molecule has 3 fully saturated rings. The Hall–Kier alpha value is -0.120. The molecule has 20 heavy (non-hydrogen) atoms. The van der Waals surface area contributed by atoms with Gasteiger partial charge in [0.2, 0.25) is 0 Å². The third-order valence-electron chi connectivity index (χ3n) is 5.41. The van der Waals surface area contributed by atoms with Crippen LogP contribution in [0.15, 0.2) is 0 Å². The number of hydrogen-bond acceptors (Lipinski definition) is 3. The second-order valence-corrected chi connectivity index (χ2v) is 7.27. The van der Waals surface area contributed by atoms with Crippen molar-refractivity contribution in [2.24, 2.45) is 11.3 Å². The van der Waals surface area contributed by atoms with Gasteiger partial charge in [-0.05, 0) is 64.3 Å². The smallest absolute Gasteiger partial charge is 0.0673 e. The highest BCUT2D eigenvalue weighted by molar-refractivity contribution is 5.02. The molecule has 4 atom stereocenters. The molecule has 0 aromatic carbocycles. The van der Waals surface area contributed by atoms with Crippen LogP contribution in [0.25, 0.3) is 0 Å². The number of ether oxygens (including phenoxy) is 2. The molecule has 0 amide bonds. The van der Waals surface area contributed by atoms with Crippen LogP contribution in [0.2, 0.25) is 0 Å². The van der Waals surface area contributed by atoms with Gasteiger partial charge >= 0.3 is 0 Å². The Morgan fingerprint density at radius 2 is 2.05 bits per heavy atom. The van der Waals surface area contributed by atoms with Gasteiger partial charge in [0.1, 0.15) is 0 Å². The third-order valence-corrected chi connectivity index (χ3v) is 5.41. The molecule has 0 aromatic heterocycles. The van der Waals surface area contributed by atoms with E-state index in [1.807, 2.05) is 0 Å². The quantitative estimate of drug-likeness (QED) is 0.727. The molecule has 0 spiro atoms. The highest BCUT2D eigenvalue weighted by Gasteiger charge is 2.51. The fourth-order valence-electron chi connectivity index (χ4n) is 4.23. The summed E-state index contributed by atoms with van der Waals surface area (Å²) in [4.78, 5) is 0. The molecule has 0 bridgehead atoms. The molecule has 4 unspecified atom stereocenters. The molecule has 3 heteroatoms. The van der Waals surface area contributed by atoms with E-state index >= 15 is 0 Å². The first-order valence-electron chi connectivity index (χ1n) is 8.71. The lowest BCUT2D eigenvalue weighted by Crippen LogP contribution is -2.44. The number of rotatable bonds is 7. The van der Waals surface area contributed by atoms with Crippen molar-refractivity contribution >= 4 is 0 Å². The normalized spacial score (nSPS) is 41.4. The maximum absolute atomic E-state index is 6.17. The molecular formula is C17H31NO2. The van der Waals surface area contributed by atoms with Crippen molar-refractivity contribution in [2.75, 3.05) is 19.7 Å². The Balaban J connectivity index is 1.65. The molecule has 116 valence electrons. The SMILES string of the molecule is CCCNCC1(CC2CCC(C)O2)CCOC1C1CC1. The zero-order valence-corrected chi connectivity index (χ0v) is 13.2. The summed E-state index contributed by atoms with van der Waals surface area (Å²) in [5.74, 6) is 0.833. The zero-order valence-electron chi connectivity index (χ0n) is 13.2. The van der Waals surface area contributed by atoms with E-state index in [4.69, 9.17) is 9.47 Å². The van der Waals surface area contributed by atoms with E-state index in [0.29, 0.717) is 23.7 Å². The average molecular weight is 281 g/mol. The van der Waals surface area contributed by atoms with E-state index in [9.17, 15) is 0 Å². The van der Waals surface area contributed by atoms with E-state index in [2.05, 4.69) is 19.2 Å². The van der Waals surface area contributed by atoms with Gasteiger partial charge in [0.05, 0.1) is 18.3 Å². The van der Waals surface area contributed by atoms with Gasteiger partial charge in [-0.25, -0.2) is 0 Å². The van der Waals surface area contributed by atoms with Crippen LogP contribution >= 0.6 is 0 Å². The first-order valence-corrected chi connectivity index (χ1v) is 8.71. The van der Waals surface area contributed by atoms with E-state index < -0.39 is 0 Å². The summed E-state index contributed by atoms with van der Waals surface area (Å²) in [7, 11) is 0. The largest absolute Gasteiger partial charge is 0.377 e. The molecule has 0 radical (unpaired) electrons. The number of hydrogen-bond donors (Lipinski definition) is 1. The molecular weight excluding hydrogens is 250 g/mol. The van der Waals surface area contributed by atoms with Gasteiger partial charge < -0.3 is 14.8 Å². The summed E-state index contributed by atoms with van der Waals surface area (Å²) in [6, 6.07) is 0. The monoisotopic (exact) mass is 281 g/mol. The van der Waals surface area contributed by atoms with Crippen molar-refractivity contribution in [2.45, 2.75) is 77.1 Å². The van der Waals surface area contributed by atoms with Crippen molar-refractivity contribution in [3.8, 4) is 0 Å². The van der Waals surface area contributed by atoms with Crippen LogP contribution in [0.5, 0.6) is 0 Å². The molecule has 2 heterocycles. The lowest BCUT2D eigenvalue weighted by molar-refractivity contribution is -0.0191. The van der Waals surface area contributed by atoms with Gasteiger partial charge in [0.15, 0.2) is 0 Å². The fourth-order valence-corrected chi connectivity index (χ4v) is 4.23. The Bertz CT molecular complexity index is 318. The molecule has 1 saturated carbocycles. The van der Waals surface area contributed by atoms with Gasteiger partial charge in [0.25, 0.3) is 0 Å². The predicted molar refractivity (Wildman–Crippen MR) is 80.9 cm³/mol. The van der Waals surface area contributed by atoms with Gasteiger partial charge in [-0.1, -0.05) is 6.92 Å². The maximum atomic E-state index is 6.17. The van der Waals surface area contributed by atoms with Crippen LogP contribution in [0.3, 0.4) is 0 Å². The maximum Gasteiger partial charge on any atom is 0.0673 e. The third kappa shape index (κ3) is 3.20. The summed E-state index contributed by atoms with van der Waals surface area (Å²) >= 11 is 0. The van der Waals surface area contributed by atoms with Gasteiger partial charge in [0, 0.05) is 18.6 Å². The van der Waals surface area contributed by atoms with E-state index in [1.165, 1.54) is 44.9 Å². The summed E-state index contributed by atoms with van der Waals surface area (Å²) in [6.07, 6.45) is 10.3. The summed E-state index contributed by atoms with van der Waals surface area (Å²) in [5, 5.41) is 3.68. The first kappa shape index (κ1) is 14.8. The average Bonchev–Trinajstić information content (AvgIpc) is 3.07. The highest BCUT2D eigenvalue weighted by atomic mass is 16.5. The minimum atomic E-state index is 0.338. The molecule has 1 aliphatic carbocycles. The summed E-state index contributed by atoms with van der Waals surface area (Å²) < 4.78 is 12.3. The van der Waals surface area contributed by atoms with Crippen LogP contribution in [0.1, 0.15) is 58.8 Å². The van der Waals surface area contributed by atoms with Crippen LogP contribution < -0.4 is 5.32 Å². The standard InChI is InChI=1S/C17H31NO2/c1-3-9-18-12-17(11-15-7-4-13(2)20-15)8-10-19-16(17)14-5-6-14/h13-16,18H,3-12H2,1-2H3. The van der Waals surface area contributed by atoms with Crippen LogP contribution in [0.4, 0.5) is 0 Å². The second-order valence-electron chi connectivity index (χ2n) is 7.27. The predicted octanol–water partition coefficient (Wildman–Crippen LogP) is 3.13. The topological polar surface area (TPSA) is 30.5 Å². The Morgan fingerprint density at radius 3 is 2.70 bits per heavy atom. The molecule has 1 N–H and O–H groups in total. The van der Waals surface area contributed by atoms with Crippen molar-refractivity contribution in [3.63, 3.8) is 0 Å². The van der Waals surface area contributed by atoms with Crippen molar-refractivity contribution in [1.82, 2.24) is 5.32 Å². The van der Waals surface area contributed by atoms with Crippen molar-refractivity contribution < 1.29 is 9.47 Å². The lowest BCUT2D eigenvalue weighted by atomic mass is 9.74. The molecule has 0 aromatic rings. The van der Waals surface area contributed by atoms with E-state index in [0.717, 1.165) is 25.6 Å². The van der Waals surface area contributed by atoms with E-state index in [1.54, 1.807) is 0 Å². The minimum Gasteiger partial charge on any atom is -0.377 e. The molecule has 3 rings (SSSR count). The van der Waals surface area contributed by atoms with Crippen molar-refractivity contribution in [1.29, 1.82) is 0 Å². The molecule has 3 nitrogen and oxygen atoms in total. The van der Waals surface area contributed by atoms with Crippen molar-refractivity contribution in [3.05, 3.63) is 0 Å². The van der Waals surface area contributed by atoms with Crippen LogP contribution in [-0.2, 0) is 9.47 Å². The Labute approximate surface area is 123 Å². The van der Waals surface area contributed by atoms with Gasteiger partial charge in [-0.3, -0.25) is 0 Å². The lowest BCUT2D eigenvalue weighted by Gasteiger charge is -2.36. The van der Waals surface area contributed by atoms with Crippen LogP contribution in [0, 0.1) is 11.3 Å². The molecule has 2 saturated heterocycles. The Morgan fingerprint density at radius 1 is 1.20 bits per heavy atom. The fraction of sp³-hybridized carbons (Fsp3) is 1.00. The second kappa shape index (κ2) is 6.33. The van der Waals surface area contributed by atoms with E-state index in [-0.39, 0.29) is 0 Å². The number of nitrogens with one attached hydrogen (secondary N) is 1. The zero-order chi connectivity index (χ0) is 14.0. The Kier molecular flexibility index (Phi) is 4.68. The first-order chi connectivity index (χ1) is 9.73. The van der Waals surface area contributed by atoms with Gasteiger partial charge in [-0.2, -0.15) is 0 Å². The molecule has 3 aliphatic rings. The summed E-state index contributed by atoms with van der Waals surface area (Å²) in [5.41, 5.74) is 0.338. The molecule has 2 aliphatic heterocycles. The minimum absolute atomic E-state index is 0.338. The van der Waals surface area contributed by atoms with Gasteiger partial charge in [-0.15, -0.1) is 0 Å². The van der Waals surface area contributed by atoms with Crippen LogP contribution in [-0.4, -0.2) is 38.0 Å². The highest BCUT2D eigenvalue weighted by Crippen LogP contribution is 2.50. The summed E-state index contributed by atoms with van der Waals surface area (Å²) in [6.45, 7) is 7.66.